The molecular formula is C13H10Cl2N2O4. The van der Waals surface area contributed by atoms with E-state index in [-0.39, 0.29) is 27.1 Å². The molecule has 0 unspecified atom stereocenters. The lowest BCUT2D eigenvalue weighted by molar-refractivity contribution is 0.0696. The number of carboxylic acids is 1. The zero-order chi connectivity index (χ0) is 15.6. The number of aromatic carboxylic acids is 1. The van der Waals surface area contributed by atoms with E-state index in [1.807, 2.05) is 0 Å². The molecule has 0 aliphatic heterocycles. The largest absolute Gasteiger partial charge is 0.495 e. The Bertz CT molecular complexity index is 693. The lowest BCUT2D eigenvalue weighted by Crippen LogP contribution is -2.13. The zero-order valence-electron chi connectivity index (χ0n) is 10.7. The molecule has 1 amide bonds. The van der Waals surface area contributed by atoms with E-state index >= 15 is 0 Å². The highest BCUT2D eigenvalue weighted by molar-refractivity contribution is 6.41. The van der Waals surface area contributed by atoms with Gasteiger partial charge in [0.2, 0.25) is 0 Å². The van der Waals surface area contributed by atoms with Gasteiger partial charge in [-0.1, -0.05) is 23.2 Å². The summed E-state index contributed by atoms with van der Waals surface area (Å²) in [6.45, 7) is 0. The van der Waals surface area contributed by atoms with Crippen LogP contribution in [0.1, 0.15) is 20.8 Å². The summed E-state index contributed by atoms with van der Waals surface area (Å²) in [6, 6.07) is 5.49. The Morgan fingerprint density at radius 3 is 2.52 bits per heavy atom. The van der Waals surface area contributed by atoms with Crippen LogP contribution in [0.3, 0.4) is 0 Å². The van der Waals surface area contributed by atoms with Gasteiger partial charge in [0.25, 0.3) is 5.91 Å². The summed E-state index contributed by atoms with van der Waals surface area (Å²) in [5, 5.41) is 11.9. The van der Waals surface area contributed by atoms with Crippen molar-refractivity contribution in [2.45, 2.75) is 0 Å². The van der Waals surface area contributed by atoms with Crippen LogP contribution in [-0.2, 0) is 0 Å². The Hall–Kier alpha value is -2.18. The molecule has 8 heteroatoms. The Kier molecular flexibility index (Phi) is 4.40. The number of carbonyl (C=O) groups excluding carboxylic acids is 1. The summed E-state index contributed by atoms with van der Waals surface area (Å²) in [5.41, 5.74) is 0.394. The first-order valence-electron chi connectivity index (χ1n) is 5.69. The highest BCUT2D eigenvalue weighted by atomic mass is 35.5. The Morgan fingerprint density at radius 2 is 2.00 bits per heavy atom. The predicted molar refractivity (Wildman–Crippen MR) is 78.7 cm³/mol. The van der Waals surface area contributed by atoms with Crippen LogP contribution in [0.5, 0.6) is 5.75 Å². The fourth-order valence-corrected chi connectivity index (χ4v) is 1.97. The molecule has 0 aliphatic carbocycles. The number of aromatic nitrogens is 1. The molecule has 2 rings (SSSR count). The Morgan fingerprint density at radius 1 is 1.29 bits per heavy atom. The molecule has 0 saturated carbocycles. The minimum Gasteiger partial charge on any atom is -0.495 e. The first-order valence-corrected chi connectivity index (χ1v) is 6.44. The summed E-state index contributed by atoms with van der Waals surface area (Å²) in [6.07, 6.45) is 0. The van der Waals surface area contributed by atoms with Crippen LogP contribution in [0, 0.1) is 0 Å². The van der Waals surface area contributed by atoms with Crippen molar-refractivity contribution in [3.8, 4) is 5.75 Å². The number of halogens is 2. The van der Waals surface area contributed by atoms with E-state index in [2.05, 4.69) is 10.3 Å². The molecule has 0 fully saturated rings. The second-order valence-electron chi connectivity index (χ2n) is 4.02. The quantitative estimate of drug-likeness (QED) is 0.803. The summed E-state index contributed by atoms with van der Waals surface area (Å²) >= 11 is 11.5. The van der Waals surface area contributed by atoms with Gasteiger partial charge in [-0.15, -0.1) is 0 Å². The average molecular weight is 329 g/mol. The minimum atomic E-state index is -1.11. The van der Waals surface area contributed by atoms with Gasteiger partial charge in [0.05, 0.1) is 23.4 Å². The monoisotopic (exact) mass is 328 g/mol. The molecule has 0 spiro atoms. The lowest BCUT2D eigenvalue weighted by atomic mass is 10.2. The number of amides is 1. The van der Waals surface area contributed by atoms with E-state index in [0.717, 1.165) is 0 Å². The van der Waals surface area contributed by atoms with Crippen molar-refractivity contribution >= 4 is 40.8 Å². The number of methoxy groups -OCH3 is 1. The van der Waals surface area contributed by atoms with Crippen LogP contribution < -0.4 is 10.1 Å². The minimum absolute atomic E-state index is 0.0219. The zero-order valence-corrected chi connectivity index (χ0v) is 12.2. The van der Waals surface area contributed by atoms with Crippen molar-refractivity contribution in [3.05, 3.63) is 45.7 Å². The first-order chi connectivity index (χ1) is 9.92. The average Bonchev–Trinajstić information content (AvgIpc) is 2.78. The molecule has 1 heterocycles. The number of rotatable bonds is 4. The van der Waals surface area contributed by atoms with E-state index in [1.54, 1.807) is 0 Å². The Labute approximate surface area is 129 Å². The second-order valence-corrected chi connectivity index (χ2v) is 4.80. The second kappa shape index (κ2) is 6.07. The summed E-state index contributed by atoms with van der Waals surface area (Å²) in [5.74, 6) is -1.30. The van der Waals surface area contributed by atoms with E-state index < -0.39 is 11.9 Å². The van der Waals surface area contributed by atoms with Gasteiger partial charge in [-0.3, -0.25) is 4.79 Å². The van der Waals surface area contributed by atoms with Gasteiger partial charge in [-0.05, 0) is 24.3 Å². The van der Waals surface area contributed by atoms with Crippen molar-refractivity contribution in [3.63, 3.8) is 0 Å². The fraction of sp³-hybridized carbons (Fsp3) is 0.0769. The van der Waals surface area contributed by atoms with E-state index in [0.29, 0.717) is 5.75 Å². The number of H-pyrrole nitrogens is 1. The number of carboxylic acid groups (broad SMARTS) is 1. The topological polar surface area (TPSA) is 91.4 Å². The molecule has 3 N–H and O–H groups in total. The maximum Gasteiger partial charge on any atom is 0.335 e. The van der Waals surface area contributed by atoms with Gasteiger partial charge in [0.15, 0.2) is 0 Å². The molecule has 0 atom stereocenters. The number of anilines is 1. The van der Waals surface area contributed by atoms with Gasteiger partial charge in [-0.25, -0.2) is 4.79 Å². The van der Waals surface area contributed by atoms with E-state index in [4.69, 9.17) is 33.0 Å². The Balaban J connectivity index is 2.31. The standard InChI is InChI=1S/C13H10Cl2N2O4/c1-21-10-3-2-6(13(19)20)4-8(10)17-12(18)9-5-7(14)11(15)16-9/h2-5,16H,1H3,(H,17,18)(H,19,20). The van der Waals surface area contributed by atoms with Crippen LogP contribution in [0.25, 0.3) is 0 Å². The van der Waals surface area contributed by atoms with Gasteiger partial charge in [-0.2, -0.15) is 0 Å². The van der Waals surface area contributed by atoms with Gasteiger partial charge in [0, 0.05) is 0 Å². The molecule has 0 radical (unpaired) electrons. The number of benzene rings is 1. The van der Waals surface area contributed by atoms with E-state index in [1.165, 1.54) is 31.4 Å². The van der Waals surface area contributed by atoms with Crippen LogP contribution in [0.2, 0.25) is 10.2 Å². The maximum absolute atomic E-state index is 12.1. The summed E-state index contributed by atoms with van der Waals surface area (Å²) in [4.78, 5) is 25.6. The van der Waals surface area contributed by atoms with Crippen molar-refractivity contribution in [2.24, 2.45) is 0 Å². The first kappa shape index (κ1) is 15.2. The molecule has 110 valence electrons. The van der Waals surface area contributed by atoms with Crippen LogP contribution in [0.4, 0.5) is 5.69 Å². The van der Waals surface area contributed by atoms with Crippen molar-refractivity contribution < 1.29 is 19.4 Å². The predicted octanol–water partition coefficient (Wildman–Crippen LogP) is 3.28. The molecule has 1 aromatic carbocycles. The fourth-order valence-electron chi connectivity index (χ4n) is 1.65. The number of hydrogen-bond donors (Lipinski definition) is 3. The van der Waals surface area contributed by atoms with Crippen LogP contribution in [-0.4, -0.2) is 29.1 Å². The highest BCUT2D eigenvalue weighted by Gasteiger charge is 2.15. The third kappa shape index (κ3) is 3.29. The van der Waals surface area contributed by atoms with Crippen molar-refractivity contribution in [2.75, 3.05) is 12.4 Å². The molecular weight excluding hydrogens is 319 g/mol. The molecule has 2 aromatic rings. The molecule has 6 nitrogen and oxygen atoms in total. The summed E-state index contributed by atoms with van der Waals surface area (Å²) in [7, 11) is 1.41. The van der Waals surface area contributed by atoms with E-state index in [9.17, 15) is 9.59 Å². The normalized spacial score (nSPS) is 10.2. The molecule has 0 aliphatic rings. The molecule has 0 saturated heterocycles. The molecule has 1 aromatic heterocycles. The summed E-state index contributed by atoms with van der Waals surface area (Å²) < 4.78 is 5.08. The van der Waals surface area contributed by atoms with Crippen molar-refractivity contribution in [1.29, 1.82) is 0 Å². The van der Waals surface area contributed by atoms with Gasteiger partial charge >= 0.3 is 5.97 Å². The molecule has 0 bridgehead atoms. The van der Waals surface area contributed by atoms with Crippen LogP contribution in [0.15, 0.2) is 24.3 Å². The SMILES string of the molecule is COc1ccc(C(=O)O)cc1NC(=O)c1cc(Cl)c(Cl)[nH]1. The maximum atomic E-state index is 12.1. The smallest absolute Gasteiger partial charge is 0.335 e. The van der Waals surface area contributed by atoms with Crippen LogP contribution >= 0.6 is 23.2 Å². The lowest BCUT2D eigenvalue weighted by Gasteiger charge is -2.10. The van der Waals surface area contributed by atoms with Gasteiger partial charge in [0.1, 0.15) is 16.6 Å². The number of aromatic amines is 1. The number of ether oxygens (including phenoxy) is 1. The highest BCUT2D eigenvalue weighted by Crippen LogP contribution is 2.27. The number of nitrogens with one attached hydrogen (secondary N) is 2. The number of carbonyl (C=O) groups is 2. The third-order valence-corrected chi connectivity index (χ3v) is 3.36. The van der Waals surface area contributed by atoms with Crippen molar-refractivity contribution in [1.82, 2.24) is 4.98 Å². The van der Waals surface area contributed by atoms with Gasteiger partial charge < -0.3 is 20.1 Å². The molecule has 21 heavy (non-hydrogen) atoms. The number of hydrogen-bond acceptors (Lipinski definition) is 3. The third-order valence-electron chi connectivity index (χ3n) is 2.66.